The largest absolute Gasteiger partial charge is 0.508 e. The lowest BCUT2D eigenvalue weighted by Crippen LogP contribution is -1.93. The highest BCUT2D eigenvalue weighted by atomic mass is 32.2. The van der Waals surface area contributed by atoms with Crippen LogP contribution in [0.15, 0.2) is 53.8 Å². The number of aryl methyl sites for hydroxylation is 1. The number of aromatic hydroxyl groups is 2. The minimum Gasteiger partial charge on any atom is -0.508 e. The molecular formula is C20H18N4O2S. The second-order valence-electron chi connectivity index (χ2n) is 6.92. The van der Waals surface area contributed by atoms with Gasteiger partial charge in [-0.1, -0.05) is 0 Å². The van der Waals surface area contributed by atoms with Crippen LogP contribution in [0.3, 0.4) is 0 Å². The minimum atomic E-state index is 0.00487. The normalized spacial score (nSPS) is 14.1. The zero-order chi connectivity index (χ0) is 18.5. The maximum atomic E-state index is 10.4. The summed E-state index contributed by atoms with van der Waals surface area (Å²) in [5, 5.41) is 29.9. The number of fused-ring (bicyclic) bond motifs is 1. The van der Waals surface area contributed by atoms with Gasteiger partial charge in [0.15, 0.2) is 5.82 Å². The molecule has 1 aliphatic rings. The third-order valence-corrected chi connectivity index (χ3v) is 5.91. The SMILES string of the molecule is Cn1ccc2cc(Sn3cnnc3-c3cc(C4CC4)c(O)cc3O)ccc21. The van der Waals surface area contributed by atoms with Gasteiger partial charge in [-0.15, -0.1) is 10.2 Å². The van der Waals surface area contributed by atoms with Crippen LogP contribution >= 0.6 is 11.9 Å². The van der Waals surface area contributed by atoms with Crippen molar-refractivity contribution >= 4 is 22.9 Å². The van der Waals surface area contributed by atoms with Crippen molar-refractivity contribution in [2.24, 2.45) is 7.05 Å². The van der Waals surface area contributed by atoms with Crippen LogP contribution in [0, 0.1) is 0 Å². The van der Waals surface area contributed by atoms with Gasteiger partial charge in [0.2, 0.25) is 0 Å². The van der Waals surface area contributed by atoms with Crippen molar-refractivity contribution in [3.8, 4) is 22.9 Å². The Bertz CT molecular complexity index is 1160. The monoisotopic (exact) mass is 378 g/mol. The molecule has 0 aliphatic heterocycles. The number of hydrogen-bond acceptors (Lipinski definition) is 5. The molecule has 4 aromatic rings. The minimum absolute atomic E-state index is 0.00487. The maximum Gasteiger partial charge on any atom is 0.178 e. The number of phenolic OH excluding ortho intramolecular Hbond substituents is 2. The number of hydrogen-bond donors (Lipinski definition) is 2. The molecule has 1 aliphatic carbocycles. The van der Waals surface area contributed by atoms with Crippen LogP contribution in [-0.2, 0) is 7.05 Å². The standard InChI is InChI=1S/C20H18N4O2S/c1-23-7-6-13-8-14(4-5-17(13)23)27-24-11-21-22-20(24)16-9-15(12-2-3-12)18(25)10-19(16)26/h4-12,25-26H,2-3H2,1H3. The van der Waals surface area contributed by atoms with E-state index in [-0.39, 0.29) is 11.5 Å². The van der Waals surface area contributed by atoms with Gasteiger partial charge in [0, 0.05) is 35.1 Å². The summed E-state index contributed by atoms with van der Waals surface area (Å²) in [5.41, 5.74) is 2.63. The highest BCUT2D eigenvalue weighted by molar-refractivity contribution is 7.98. The van der Waals surface area contributed by atoms with Crippen molar-refractivity contribution in [3.63, 3.8) is 0 Å². The number of nitrogens with zero attached hydrogens (tertiary/aromatic N) is 4. The van der Waals surface area contributed by atoms with E-state index >= 15 is 0 Å². The Hall–Kier alpha value is -2.93. The average Bonchev–Trinajstić information content (AvgIpc) is 3.28. The van der Waals surface area contributed by atoms with E-state index in [2.05, 4.69) is 39.0 Å². The molecule has 1 saturated carbocycles. The molecule has 0 amide bonds. The van der Waals surface area contributed by atoms with E-state index < -0.39 is 0 Å². The Morgan fingerprint density at radius 3 is 2.74 bits per heavy atom. The van der Waals surface area contributed by atoms with E-state index in [1.165, 1.54) is 28.9 Å². The molecule has 1 fully saturated rings. The fraction of sp³-hybridized carbons (Fsp3) is 0.200. The van der Waals surface area contributed by atoms with Crippen molar-refractivity contribution in [3.05, 3.63) is 54.5 Å². The molecule has 6 nitrogen and oxygen atoms in total. The van der Waals surface area contributed by atoms with E-state index in [9.17, 15) is 10.2 Å². The first kappa shape index (κ1) is 16.3. The Labute approximate surface area is 160 Å². The van der Waals surface area contributed by atoms with Gasteiger partial charge >= 0.3 is 0 Å². The Morgan fingerprint density at radius 2 is 1.93 bits per heavy atom. The summed E-state index contributed by atoms with van der Waals surface area (Å²) in [5.74, 6) is 1.08. The Morgan fingerprint density at radius 1 is 1.07 bits per heavy atom. The van der Waals surface area contributed by atoms with Gasteiger partial charge in [0.25, 0.3) is 0 Å². The van der Waals surface area contributed by atoms with Crippen LogP contribution in [0.25, 0.3) is 22.3 Å². The smallest absolute Gasteiger partial charge is 0.178 e. The molecule has 27 heavy (non-hydrogen) atoms. The number of rotatable bonds is 4. The highest BCUT2D eigenvalue weighted by Gasteiger charge is 2.28. The summed E-state index contributed by atoms with van der Waals surface area (Å²) < 4.78 is 3.93. The molecule has 2 aromatic heterocycles. The van der Waals surface area contributed by atoms with Gasteiger partial charge in [-0.2, -0.15) is 0 Å². The van der Waals surface area contributed by atoms with E-state index in [1.807, 2.05) is 23.3 Å². The van der Waals surface area contributed by atoms with Crippen molar-refractivity contribution in [2.75, 3.05) is 0 Å². The lowest BCUT2D eigenvalue weighted by molar-refractivity contribution is 0.447. The Kier molecular flexibility index (Phi) is 3.65. The predicted octanol–water partition coefficient (Wildman–Crippen LogP) is 4.28. The summed E-state index contributed by atoms with van der Waals surface area (Å²) in [6.07, 6.45) is 5.81. The third-order valence-electron chi connectivity index (χ3n) is 4.98. The van der Waals surface area contributed by atoms with E-state index in [1.54, 1.807) is 6.33 Å². The van der Waals surface area contributed by atoms with Crippen molar-refractivity contribution in [2.45, 2.75) is 23.7 Å². The van der Waals surface area contributed by atoms with Gasteiger partial charge in [0.1, 0.15) is 17.8 Å². The molecule has 0 unspecified atom stereocenters. The summed E-state index contributed by atoms with van der Waals surface area (Å²) in [6.45, 7) is 0. The number of phenols is 2. The maximum absolute atomic E-state index is 10.4. The first-order chi connectivity index (χ1) is 13.1. The van der Waals surface area contributed by atoms with Crippen molar-refractivity contribution < 1.29 is 10.2 Å². The molecule has 0 spiro atoms. The zero-order valence-corrected chi connectivity index (χ0v) is 15.5. The fourth-order valence-corrected chi connectivity index (χ4v) is 4.24. The molecular weight excluding hydrogens is 360 g/mol. The van der Waals surface area contributed by atoms with Gasteiger partial charge in [-0.25, -0.2) is 3.97 Å². The number of benzene rings is 2. The van der Waals surface area contributed by atoms with Crippen LogP contribution in [0.2, 0.25) is 0 Å². The predicted molar refractivity (Wildman–Crippen MR) is 105 cm³/mol. The van der Waals surface area contributed by atoms with Crippen LogP contribution in [0.4, 0.5) is 0 Å². The molecule has 0 bridgehead atoms. The molecule has 0 radical (unpaired) electrons. The van der Waals surface area contributed by atoms with E-state index in [4.69, 9.17) is 0 Å². The first-order valence-corrected chi connectivity index (χ1v) is 9.57. The summed E-state index contributed by atoms with van der Waals surface area (Å²) in [7, 11) is 2.03. The number of aromatic nitrogens is 4. The summed E-state index contributed by atoms with van der Waals surface area (Å²) >= 11 is 1.49. The van der Waals surface area contributed by atoms with Crippen molar-refractivity contribution in [1.29, 1.82) is 0 Å². The molecule has 2 N–H and O–H groups in total. The van der Waals surface area contributed by atoms with E-state index in [0.29, 0.717) is 17.3 Å². The van der Waals surface area contributed by atoms with Crippen LogP contribution in [-0.4, -0.2) is 28.9 Å². The zero-order valence-electron chi connectivity index (χ0n) is 14.7. The van der Waals surface area contributed by atoms with Crippen LogP contribution in [0.1, 0.15) is 24.3 Å². The third kappa shape index (κ3) is 2.84. The summed E-state index contributed by atoms with van der Waals surface area (Å²) in [6, 6.07) is 11.6. The van der Waals surface area contributed by atoms with Crippen molar-refractivity contribution in [1.82, 2.24) is 18.7 Å². The molecule has 0 saturated heterocycles. The average molecular weight is 378 g/mol. The van der Waals surface area contributed by atoms with Gasteiger partial charge < -0.3 is 14.8 Å². The molecule has 7 heteroatoms. The lowest BCUT2D eigenvalue weighted by atomic mass is 10.0. The Balaban J connectivity index is 1.53. The second-order valence-corrected chi connectivity index (χ2v) is 7.97. The quantitative estimate of drug-likeness (QED) is 0.554. The molecule has 136 valence electrons. The van der Waals surface area contributed by atoms with Gasteiger partial charge in [-0.05, 0) is 66.6 Å². The topological polar surface area (TPSA) is 76.1 Å². The van der Waals surface area contributed by atoms with Crippen LogP contribution in [0.5, 0.6) is 11.5 Å². The highest BCUT2D eigenvalue weighted by Crippen LogP contribution is 2.47. The first-order valence-electron chi connectivity index (χ1n) is 8.80. The van der Waals surface area contributed by atoms with Gasteiger partial charge in [-0.3, -0.25) is 0 Å². The molecule has 2 heterocycles. The van der Waals surface area contributed by atoms with E-state index in [0.717, 1.165) is 23.3 Å². The summed E-state index contributed by atoms with van der Waals surface area (Å²) in [4.78, 5) is 1.05. The molecule has 5 rings (SSSR count). The lowest BCUT2D eigenvalue weighted by Gasteiger charge is -2.11. The van der Waals surface area contributed by atoms with Crippen LogP contribution < -0.4 is 0 Å². The molecule has 0 atom stereocenters. The van der Waals surface area contributed by atoms with Gasteiger partial charge in [0.05, 0.1) is 5.56 Å². The second kappa shape index (κ2) is 6.06. The fourth-order valence-electron chi connectivity index (χ4n) is 3.39. The molecule has 2 aromatic carbocycles.